The fraction of sp³-hybridized carbons (Fsp3) is 0.167. The van der Waals surface area contributed by atoms with Crippen LogP contribution >= 0.6 is 22.7 Å². The van der Waals surface area contributed by atoms with Crippen LogP contribution in [0.15, 0.2) is 48.5 Å². The van der Waals surface area contributed by atoms with Crippen molar-refractivity contribution >= 4 is 43.6 Å². The molecule has 6 heteroatoms. The topological polar surface area (TPSA) is 52.6 Å². The zero-order chi connectivity index (χ0) is 21.4. The van der Waals surface area contributed by atoms with Gasteiger partial charge in [-0.1, -0.05) is 24.3 Å². The molecule has 0 aliphatic carbocycles. The number of fused-ring (bicyclic) bond motifs is 1. The summed E-state index contributed by atoms with van der Waals surface area (Å²) in [6.45, 7) is 3.17. The maximum atomic E-state index is 12.5. The fourth-order valence-electron chi connectivity index (χ4n) is 3.53. The number of thiophene rings is 2. The normalized spacial score (nSPS) is 10.9. The van der Waals surface area contributed by atoms with Crippen molar-refractivity contribution < 1.29 is 19.1 Å². The Morgan fingerprint density at radius 1 is 0.667 bits per heavy atom. The van der Waals surface area contributed by atoms with Gasteiger partial charge in [0, 0.05) is 16.5 Å². The van der Waals surface area contributed by atoms with E-state index < -0.39 is 0 Å². The first-order chi connectivity index (χ1) is 14.4. The molecule has 30 heavy (non-hydrogen) atoms. The number of hydrogen-bond acceptors (Lipinski definition) is 6. The van der Waals surface area contributed by atoms with Crippen molar-refractivity contribution in [2.24, 2.45) is 0 Å². The standard InChI is InChI=1S/C24H20O4S2/c1-13(25)22-19(15-5-9-17(27-3)10-6-15)21-20(16-7-11-18(28-4)12-8-16)23(14(2)26)30-24(21)29-22/h5-12H,1-4H3. The molecule has 0 amide bonds. The first-order valence-electron chi connectivity index (χ1n) is 9.34. The van der Waals surface area contributed by atoms with Crippen LogP contribution in [0.2, 0.25) is 0 Å². The minimum absolute atomic E-state index is 0.0132. The van der Waals surface area contributed by atoms with E-state index in [1.807, 2.05) is 48.5 Å². The molecular weight excluding hydrogens is 416 g/mol. The second kappa shape index (κ2) is 8.05. The van der Waals surface area contributed by atoms with Crippen LogP contribution < -0.4 is 9.47 Å². The number of carbonyl (C=O) groups is 2. The van der Waals surface area contributed by atoms with Crippen LogP contribution in [0.1, 0.15) is 33.2 Å². The van der Waals surface area contributed by atoms with Crippen LogP contribution in [0, 0.1) is 0 Å². The number of hydrogen-bond donors (Lipinski definition) is 0. The first kappa shape index (κ1) is 20.3. The van der Waals surface area contributed by atoms with Gasteiger partial charge in [0.15, 0.2) is 11.6 Å². The van der Waals surface area contributed by atoms with Gasteiger partial charge < -0.3 is 9.47 Å². The number of Topliss-reactive ketones (excluding diaryl/α,β-unsaturated/α-hetero) is 2. The molecular formula is C24H20O4S2. The SMILES string of the molecule is COc1ccc(-c2c(C(C)=O)sc3sc(C(C)=O)c(-c4ccc(OC)cc4)c23)cc1. The second-order valence-corrected chi connectivity index (χ2v) is 9.14. The number of ketones is 2. The van der Waals surface area contributed by atoms with Crippen LogP contribution in [-0.4, -0.2) is 25.8 Å². The van der Waals surface area contributed by atoms with Crippen LogP contribution in [0.4, 0.5) is 0 Å². The van der Waals surface area contributed by atoms with Crippen molar-refractivity contribution in [3.63, 3.8) is 0 Å². The lowest BCUT2D eigenvalue weighted by Crippen LogP contribution is -1.94. The highest BCUT2D eigenvalue weighted by Crippen LogP contribution is 2.50. The lowest BCUT2D eigenvalue weighted by atomic mass is 9.95. The Morgan fingerprint density at radius 2 is 1.03 bits per heavy atom. The zero-order valence-electron chi connectivity index (χ0n) is 17.1. The van der Waals surface area contributed by atoms with Crippen LogP contribution in [0.3, 0.4) is 0 Å². The summed E-state index contributed by atoms with van der Waals surface area (Å²) in [5, 5.41) is 0.954. The lowest BCUT2D eigenvalue weighted by molar-refractivity contribution is 0.101. The van der Waals surface area contributed by atoms with E-state index in [9.17, 15) is 9.59 Å². The fourth-order valence-corrected chi connectivity index (χ4v) is 6.11. The van der Waals surface area contributed by atoms with Gasteiger partial charge >= 0.3 is 0 Å². The molecule has 0 saturated heterocycles. The second-order valence-electron chi connectivity index (χ2n) is 6.84. The highest BCUT2D eigenvalue weighted by molar-refractivity contribution is 7.40. The van der Waals surface area contributed by atoms with Crippen molar-refractivity contribution in [3.05, 3.63) is 58.3 Å². The third-order valence-electron chi connectivity index (χ3n) is 4.94. The Balaban J connectivity index is 2.06. The first-order valence-corrected chi connectivity index (χ1v) is 11.0. The van der Waals surface area contributed by atoms with Gasteiger partial charge in [0.25, 0.3) is 0 Å². The predicted molar refractivity (Wildman–Crippen MR) is 124 cm³/mol. The maximum absolute atomic E-state index is 12.5. The average Bonchev–Trinajstić information content (AvgIpc) is 3.30. The number of methoxy groups -OCH3 is 2. The summed E-state index contributed by atoms with van der Waals surface area (Å²) < 4.78 is 11.5. The Bertz CT molecular complexity index is 1150. The molecule has 0 spiro atoms. The lowest BCUT2D eigenvalue weighted by Gasteiger charge is -2.09. The third-order valence-corrected chi connectivity index (χ3v) is 7.62. The van der Waals surface area contributed by atoms with Crippen LogP contribution in [-0.2, 0) is 0 Å². The van der Waals surface area contributed by atoms with E-state index in [0.29, 0.717) is 9.75 Å². The van der Waals surface area contributed by atoms with E-state index in [-0.39, 0.29) is 11.6 Å². The van der Waals surface area contributed by atoms with E-state index >= 15 is 0 Å². The smallest absolute Gasteiger partial charge is 0.170 e. The molecule has 0 saturated carbocycles. The largest absolute Gasteiger partial charge is 0.497 e. The summed E-state index contributed by atoms with van der Waals surface area (Å²) in [4.78, 5) is 26.4. The summed E-state index contributed by atoms with van der Waals surface area (Å²) in [6.07, 6.45) is 0. The van der Waals surface area contributed by atoms with Crippen molar-refractivity contribution in [2.75, 3.05) is 14.2 Å². The van der Waals surface area contributed by atoms with E-state index in [2.05, 4.69) is 0 Å². The van der Waals surface area contributed by atoms with Gasteiger partial charge in [-0.05, 0) is 49.2 Å². The molecule has 0 bridgehead atoms. The minimum Gasteiger partial charge on any atom is -0.497 e. The summed E-state index contributed by atoms with van der Waals surface area (Å²) in [5.41, 5.74) is 3.60. The molecule has 0 unspecified atom stereocenters. The molecule has 0 aliphatic rings. The van der Waals surface area contributed by atoms with E-state index in [4.69, 9.17) is 9.47 Å². The number of rotatable bonds is 6. The quantitative estimate of drug-likeness (QED) is 0.315. The Labute approximate surface area is 182 Å². The molecule has 4 nitrogen and oxygen atoms in total. The molecule has 0 radical (unpaired) electrons. The van der Waals surface area contributed by atoms with Gasteiger partial charge in [-0.3, -0.25) is 9.59 Å². The molecule has 2 heterocycles. The Hall–Kier alpha value is -2.96. The van der Waals surface area contributed by atoms with Gasteiger partial charge in [-0.2, -0.15) is 0 Å². The highest BCUT2D eigenvalue weighted by atomic mass is 32.2. The van der Waals surface area contributed by atoms with Crippen molar-refractivity contribution in [1.82, 2.24) is 0 Å². The van der Waals surface area contributed by atoms with Gasteiger partial charge in [-0.25, -0.2) is 0 Å². The molecule has 2 aromatic heterocycles. The van der Waals surface area contributed by atoms with E-state index in [1.54, 1.807) is 28.1 Å². The van der Waals surface area contributed by atoms with Gasteiger partial charge in [0.1, 0.15) is 11.5 Å². The minimum atomic E-state index is 0.0132. The predicted octanol–water partition coefficient (Wildman–Crippen LogP) is 6.72. The highest BCUT2D eigenvalue weighted by Gasteiger charge is 2.26. The number of carbonyl (C=O) groups excluding carboxylic acids is 2. The van der Waals surface area contributed by atoms with Gasteiger partial charge in [-0.15, -0.1) is 22.7 Å². The van der Waals surface area contributed by atoms with Gasteiger partial charge in [0.05, 0.1) is 28.0 Å². The summed E-state index contributed by atoms with van der Waals surface area (Å²) in [6, 6.07) is 15.3. The average molecular weight is 437 g/mol. The molecule has 4 rings (SSSR count). The zero-order valence-corrected chi connectivity index (χ0v) is 18.7. The Kier molecular flexibility index (Phi) is 5.45. The number of benzene rings is 2. The third kappa shape index (κ3) is 3.42. The number of ether oxygens (including phenoxy) is 2. The summed E-state index contributed by atoms with van der Waals surface area (Å²) in [5.74, 6) is 1.53. The maximum Gasteiger partial charge on any atom is 0.170 e. The molecule has 152 valence electrons. The molecule has 0 N–H and O–H groups in total. The van der Waals surface area contributed by atoms with Crippen molar-refractivity contribution in [1.29, 1.82) is 0 Å². The van der Waals surface area contributed by atoms with Crippen molar-refractivity contribution in [2.45, 2.75) is 13.8 Å². The van der Waals surface area contributed by atoms with Gasteiger partial charge in [0.2, 0.25) is 0 Å². The monoisotopic (exact) mass is 436 g/mol. The molecule has 0 fully saturated rings. The summed E-state index contributed by atoms with van der Waals surface area (Å²) in [7, 11) is 3.25. The van der Waals surface area contributed by atoms with Crippen LogP contribution in [0.25, 0.3) is 31.7 Å². The van der Waals surface area contributed by atoms with E-state index in [1.165, 1.54) is 22.7 Å². The summed E-state index contributed by atoms with van der Waals surface area (Å²) >= 11 is 2.90. The molecule has 2 aromatic carbocycles. The van der Waals surface area contributed by atoms with Crippen molar-refractivity contribution in [3.8, 4) is 33.8 Å². The Morgan fingerprint density at radius 3 is 1.33 bits per heavy atom. The van der Waals surface area contributed by atoms with E-state index in [0.717, 1.165) is 43.2 Å². The molecule has 0 aliphatic heterocycles. The van der Waals surface area contributed by atoms with Crippen LogP contribution in [0.5, 0.6) is 11.5 Å². The molecule has 4 aromatic rings. The molecule has 0 atom stereocenters.